The first-order valence-electron chi connectivity index (χ1n) is 5.80. The average molecular weight is 249 g/mol. The van der Waals surface area contributed by atoms with Gasteiger partial charge in [-0.1, -0.05) is 6.07 Å². The summed E-state index contributed by atoms with van der Waals surface area (Å²) in [6.45, 7) is 2.97. The van der Waals surface area contributed by atoms with E-state index in [-0.39, 0.29) is 5.82 Å². The molecule has 0 aliphatic rings. The van der Waals surface area contributed by atoms with Crippen LogP contribution in [0.5, 0.6) is 5.75 Å². The summed E-state index contributed by atoms with van der Waals surface area (Å²) in [4.78, 5) is 0. The van der Waals surface area contributed by atoms with Gasteiger partial charge in [0.2, 0.25) is 0 Å². The van der Waals surface area contributed by atoms with Crippen molar-refractivity contribution in [2.24, 2.45) is 0 Å². The molecule has 1 N–H and O–H groups in total. The fraction of sp³-hybridized carbons (Fsp3) is 0.286. The van der Waals surface area contributed by atoms with E-state index in [1.54, 1.807) is 12.1 Å². The predicted molar refractivity (Wildman–Crippen MR) is 66.9 cm³/mol. The van der Waals surface area contributed by atoms with Crippen LogP contribution in [0.2, 0.25) is 0 Å². The molecule has 18 heavy (non-hydrogen) atoms. The van der Waals surface area contributed by atoms with Crippen molar-refractivity contribution in [3.8, 4) is 5.75 Å². The second-order valence-electron chi connectivity index (χ2n) is 4.10. The Kier molecular flexibility index (Phi) is 3.99. The predicted octanol–water partition coefficient (Wildman–Crippen LogP) is 3.03. The Morgan fingerprint density at radius 2 is 2.17 bits per heavy atom. The first kappa shape index (κ1) is 12.6. The maximum absolute atomic E-state index is 12.9. The molecule has 0 saturated carbocycles. The first-order valence-corrected chi connectivity index (χ1v) is 5.80. The molecule has 1 aromatic heterocycles. The highest BCUT2D eigenvalue weighted by molar-refractivity contribution is 5.24. The van der Waals surface area contributed by atoms with E-state index in [4.69, 9.17) is 9.15 Å². The number of aryl methyl sites for hydroxylation is 1. The molecule has 0 amide bonds. The van der Waals surface area contributed by atoms with E-state index in [0.717, 1.165) is 17.1 Å². The van der Waals surface area contributed by atoms with Gasteiger partial charge in [0, 0.05) is 6.07 Å². The number of furan rings is 1. The zero-order valence-corrected chi connectivity index (χ0v) is 10.5. The van der Waals surface area contributed by atoms with Crippen molar-refractivity contribution < 1.29 is 13.5 Å². The maximum Gasteiger partial charge on any atom is 0.146 e. The normalized spacial score (nSPS) is 10.6. The molecule has 1 aromatic carbocycles. The van der Waals surface area contributed by atoms with Crippen molar-refractivity contribution in [1.82, 2.24) is 5.32 Å². The van der Waals surface area contributed by atoms with Gasteiger partial charge in [-0.05, 0) is 37.7 Å². The minimum absolute atomic E-state index is 0.300. The smallest absolute Gasteiger partial charge is 0.146 e. The lowest BCUT2D eigenvalue weighted by atomic mass is 10.2. The third kappa shape index (κ3) is 3.11. The minimum atomic E-state index is -0.306. The molecule has 0 saturated heterocycles. The Balaban J connectivity index is 2.00. The monoisotopic (exact) mass is 249 g/mol. The van der Waals surface area contributed by atoms with Crippen molar-refractivity contribution in [3.05, 3.63) is 53.2 Å². The lowest BCUT2D eigenvalue weighted by Crippen LogP contribution is -2.04. The average Bonchev–Trinajstić information content (AvgIpc) is 2.69. The van der Waals surface area contributed by atoms with Gasteiger partial charge in [0.25, 0.3) is 0 Å². The van der Waals surface area contributed by atoms with E-state index in [9.17, 15) is 4.39 Å². The fourth-order valence-electron chi connectivity index (χ4n) is 1.71. The summed E-state index contributed by atoms with van der Waals surface area (Å²) in [6, 6.07) is 8.00. The molecule has 0 atom stereocenters. The second kappa shape index (κ2) is 5.69. The van der Waals surface area contributed by atoms with E-state index in [0.29, 0.717) is 18.9 Å². The van der Waals surface area contributed by atoms with Gasteiger partial charge in [0.15, 0.2) is 0 Å². The number of benzene rings is 1. The summed E-state index contributed by atoms with van der Waals surface area (Å²) in [5.74, 6) is 1.83. The van der Waals surface area contributed by atoms with Gasteiger partial charge in [0.05, 0.1) is 6.54 Å². The van der Waals surface area contributed by atoms with Crippen LogP contribution in [0.25, 0.3) is 0 Å². The van der Waals surface area contributed by atoms with Crippen molar-refractivity contribution in [3.63, 3.8) is 0 Å². The van der Waals surface area contributed by atoms with Gasteiger partial charge >= 0.3 is 0 Å². The summed E-state index contributed by atoms with van der Waals surface area (Å²) in [6.07, 6.45) is 0. The molecule has 0 unspecified atom stereocenters. The fourth-order valence-corrected chi connectivity index (χ4v) is 1.71. The zero-order chi connectivity index (χ0) is 13.0. The maximum atomic E-state index is 12.9. The Morgan fingerprint density at radius 3 is 2.89 bits per heavy atom. The summed E-state index contributed by atoms with van der Waals surface area (Å²) in [5, 5.41) is 3.04. The Morgan fingerprint density at radius 1 is 1.33 bits per heavy atom. The second-order valence-corrected chi connectivity index (χ2v) is 4.10. The van der Waals surface area contributed by atoms with E-state index in [1.807, 2.05) is 20.0 Å². The van der Waals surface area contributed by atoms with Crippen LogP contribution in [0, 0.1) is 12.7 Å². The lowest BCUT2D eigenvalue weighted by Gasteiger charge is -2.03. The molecule has 4 heteroatoms. The van der Waals surface area contributed by atoms with Crippen LogP contribution in [0.4, 0.5) is 4.39 Å². The topological polar surface area (TPSA) is 34.4 Å². The number of nitrogens with one attached hydrogen (secondary N) is 1. The first-order chi connectivity index (χ1) is 8.69. The molecule has 0 aliphatic carbocycles. The van der Waals surface area contributed by atoms with E-state index in [1.165, 1.54) is 12.1 Å². The van der Waals surface area contributed by atoms with Gasteiger partial charge in [-0.15, -0.1) is 0 Å². The largest absolute Gasteiger partial charge is 0.486 e. The van der Waals surface area contributed by atoms with Crippen molar-refractivity contribution in [2.75, 3.05) is 7.05 Å². The zero-order valence-electron chi connectivity index (χ0n) is 10.5. The highest BCUT2D eigenvalue weighted by atomic mass is 19.1. The molecule has 0 bridgehead atoms. The van der Waals surface area contributed by atoms with Gasteiger partial charge in [-0.3, -0.25) is 0 Å². The molecule has 96 valence electrons. The molecular weight excluding hydrogens is 233 g/mol. The van der Waals surface area contributed by atoms with Crippen molar-refractivity contribution in [1.29, 1.82) is 0 Å². The van der Waals surface area contributed by atoms with E-state index < -0.39 is 0 Å². The quantitative estimate of drug-likeness (QED) is 0.884. The lowest BCUT2D eigenvalue weighted by molar-refractivity contribution is 0.264. The summed E-state index contributed by atoms with van der Waals surface area (Å²) in [5.41, 5.74) is 1.09. The van der Waals surface area contributed by atoms with Gasteiger partial charge < -0.3 is 14.5 Å². The molecule has 3 nitrogen and oxygen atoms in total. The number of hydrogen-bond acceptors (Lipinski definition) is 3. The number of rotatable bonds is 5. The highest BCUT2D eigenvalue weighted by Crippen LogP contribution is 2.18. The molecular formula is C14H16FNO2. The van der Waals surface area contributed by atoms with E-state index >= 15 is 0 Å². The Labute approximate surface area is 106 Å². The molecule has 0 radical (unpaired) electrons. The van der Waals surface area contributed by atoms with Crippen LogP contribution in [-0.4, -0.2) is 7.05 Å². The summed E-state index contributed by atoms with van der Waals surface area (Å²) >= 11 is 0. The van der Waals surface area contributed by atoms with Gasteiger partial charge in [-0.2, -0.15) is 0 Å². The third-order valence-corrected chi connectivity index (χ3v) is 2.59. The molecule has 1 heterocycles. The summed E-state index contributed by atoms with van der Waals surface area (Å²) < 4.78 is 24.0. The van der Waals surface area contributed by atoms with Crippen LogP contribution in [0.1, 0.15) is 17.1 Å². The van der Waals surface area contributed by atoms with Crippen LogP contribution >= 0.6 is 0 Å². The number of ether oxygens (including phenoxy) is 1. The van der Waals surface area contributed by atoms with Crippen LogP contribution < -0.4 is 10.1 Å². The van der Waals surface area contributed by atoms with Gasteiger partial charge in [0.1, 0.15) is 29.7 Å². The highest BCUT2D eigenvalue weighted by Gasteiger charge is 2.07. The molecule has 0 fully saturated rings. The minimum Gasteiger partial charge on any atom is -0.486 e. The standard InChI is InChI=1S/C14H16FNO2/c1-10-6-13(18-14(10)8-16-2)9-17-12-5-3-4-11(15)7-12/h3-7,16H,8-9H2,1-2H3. The van der Waals surface area contributed by atoms with Crippen LogP contribution in [0.3, 0.4) is 0 Å². The van der Waals surface area contributed by atoms with Gasteiger partial charge in [-0.25, -0.2) is 4.39 Å². The van der Waals surface area contributed by atoms with Crippen LogP contribution in [0.15, 0.2) is 34.7 Å². The third-order valence-electron chi connectivity index (χ3n) is 2.59. The molecule has 0 spiro atoms. The molecule has 2 aromatic rings. The number of hydrogen-bond donors (Lipinski definition) is 1. The SMILES string of the molecule is CNCc1oc(COc2cccc(F)c2)cc1C. The summed E-state index contributed by atoms with van der Waals surface area (Å²) in [7, 11) is 1.87. The Hall–Kier alpha value is -1.81. The molecule has 2 rings (SSSR count). The van der Waals surface area contributed by atoms with E-state index in [2.05, 4.69) is 5.32 Å². The van der Waals surface area contributed by atoms with Crippen LogP contribution in [-0.2, 0) is 13.2 Å². The molecule has 0 aliphatic heterocycles. The number of halogens is 1. The van der Waals surface area contributed by atoms with Crippen molar-refractivity contribution >= 4 is 0 Å². The van der Waals surface area contributed by atoms with Crippen molar-refractivity contribution in [2.45, 2.75) is 20.1 Å². The Bertz CT molecular complexity index is 522.